The molecule has 1 aliphatic carbocycles. The van der Waals surface area contributed by atoms with Gasteiger partial charge in [0.05, 0.1) is 12.1 Å². The molecule has 1 radical (unpaired) electrons. The minimum atomic E-state index is -1.08. The average Bonchev–Trinajstić information content (AvgIpc) is 2.90. The minimum absolute atomic E-state index is 0. The summed E-state index contributed by atoms with van der Waals surface area (Å²) >= 11 is 0. The number of carboxylic acid groups (broad SMARTS) is 2. The van der Waals surface area contributed by atoms with Gasteiger partial charge in [0.2, 0.25) is 0 Å². The van der Waals surface area contributed by atoms with Crippen molar-refractivity contribution in [2.45, 2.75) is 104 Å². The topological polar surface area (TPSA) is 145 Å². The van der Waals surface area contributed by atoms with Gasteiger partial charge in [-0.3, -0.25) is 9.98 Å². The van der Waals surface area contributed by atoms with Crippen LogP contribution in [0.15, 0.2) is 46.4 Å². The van der Waals surface area contributed by atoms with E-state index in [-0.39, 0.29) is 28.9 Å². The first kappa shape index (κ1) is 37.8. The van der Waals surface area contributed by atoms with Crippen molar-refractivity contribution in [3.63, 3.8) is 0 Å². The van der Waals surface area contributed by atoms with Gasteiger partial charge < -0.3 is 30.0 Å². The number of aliphatic carboxylic acids is 2. The van der Waals surface area contributed by atoms with Crippen molar-refractivity contribution >= 4 is 24.4 Å². The number of phenolic OH excluding ortho intramolecular Hbond substituents is 2. The number of nitrogens with zero attached hydrogens (tertiary/aromatic N) is 2. The van der Waals surface area contributed by atoms with Gasteiger partial charge in [-0.2, -0.15) is 0 Å². The zero-order valence-electron chi connectivity index (χ0n) is 24.6. The van der Waals surface area contributed by atoms with Crippen LogP contribution in [0, 0.1) is 0 Å². The number of aliphatic imine (C=N–C) groups is 2. The van der Waals surface area contributed by atoms with Crippen LogP contribution in [0.4, 0.5) is 0 Å². The summed E-state index contributed by atoms with van der Waals surface area (Å²) in [7, 11) is 0. The van der Waals surface area contributed by atoms with Crippen molar-refractivity contribution in [2.24, 2.45) is 9.98 Å². The van der Waals surface area contributed by atoms with Crippen LogP contribution in [-0.4, -0.2) is 46.7 Å². The Morgan fingerprint density at radius 2 is 1.07 bits per heavy atom. The first-order valence-electron chi connectivity index (χ1n) is 14.1. The van der Waals surface area contributed by atoms with Crippen LogP contribution >= 0.6 is 0 Å². The van der Waals surface area contributed by atoms with Gasteiger partial charge in [0, 0.05) is 35.5 Å². The third-order valence-corrected chi connectivity index (χ3v) is 6.34. The third-order valence-electron chi connectivity index (χ3n) is 6.34. The second-order valence-corrected chi connectivity index (χ2v) is 10.00. The molecule has 2 aromatic carbocycles. The molecule has 1 fully saturated rings. The van der Waals surface area contributed by atoms with Crippen molar-refractivity contribution < 1.29 is 46.8 Å². The quantitative estimate of drug-likeness (QED) is 0.386. The first-order chi connectivity index (χ1) is 19.0. The Labute approximate surface area is 254 Å². The van der Waals surface area contributed by atoms with E-state index in [4.69, 9.17) is 29.8 Å². The molecule has 2 aromatic rings. The normalized spacial score (nSPS) is 16.2. The maximum atomic E-state index is 10.2. The van der Waals surface area contributed by atoms with Crippen LogP contribution in [0.5, 0.6) is 11.5 Å². The van der Waals surface area contributed by atoms with E-state index in [1.165, 1.54) is 24.0 Å². The molecule has 0 bridgehead atoms. The van der Waals surface area contributed by atoms with Gasteiger partial charge in [0.25, 0.3) is 0 Å². The summed E-state index contributed by atoms with van der Waals surface area (Å²) in [5.74, 6) is -1.57. The number of rotatable bonds is 10. The van der Waals surface area contributed by atoms with Crippen LogP contribution in [0.2, 0.25) is 0 Å². The number of carbonyl (C=O) groups excluding carboxylic acids is 2. The molecule has 0 amide bonds. The predicted molar refractivity (Wildman–Crippen MR) is 156 cm³/mol. The van der Waals surface area contributed by atoms with Gasteiger partial charge >= 0.3 is 16.8 Å². The van der Waals surface area contributed by atoms with Crippen LogP contribution in [0.1, 0.15) is 101 Å². The number of unbranched alkanes of at least 4 members (excludes halogenated alkanes) is 2. The van der Waals surface area contributed by atoms with E-state index in [1.807, 2.05) is 24.6 Å². The first-order valence-corrected chi connectivity index (χ1v) is 14.1. The minimum Gasteiger partial charge on any atom is -0.550 e. The SMILES string of the molecule is CC(=O)[O-].CC(=O)[O-].CCCCc1ccc(O)c(C=NC2CCC(N=Cc3cc(CCCC)ccc3O)CC2)c1.[Co+2]. The molecular weight excluding hydrogens is 567 g/mol. The van der Waals surface area contributed by atoms with Crippen LogP contribution < -0.4 is 10.2 Å². The second-order valence-electron chi connectivity index (χ2n) is 10.00. The summed E-state index contributed by atoms with van der Waals surface area (Å²) in [6, 6.07) is 12.3. The molecule has 227 valence electrons. The Hall–Kier alpha value is -3.17. The molecule has 0 aromatic heterocycles. The van der Waals surface area contributed by atoms with Gasteiger partial charge in [-0.15, -0.1) is 0 Å². The van der Waals surface area contributed by atoms with Gasteiger partial charge in [0.1, 0.15) is 11.5 Å². The van der Waals surface area contributed by atoms with Gasteiger partial charge in [-0.1, -0.05) is 38.8 Å². The molecule has 0 atom stereocenters. The Morgan fingerprint density at radius 3 is 1.37 bits per heavy atom. The van der Waals surface area contributed by atoms with E-state index in [0.717, 1.165) is 76.3 Å². The monoisotopic (exact) mass is 611 g/mol. The summed E-state index contributed by atoms with van der Waals surface area (Å²) in [5, 5.41) is 38.1. The standard InChI is InChI=1S/C28H38N2O2.2C2H4O2.Co/c1-3-5-7-21-9-15-27(31)23(17-21)19-29-25-11-13-26(14-12-25)30-20-24-18-22(8-6-4-2)10-16-28(24)32;2*1-2(3)4;/h9-10,15-20,25-26,31-32H,3-8,11-14H2,1-2H3;2*1H3,(H,3,4);/q;;;+2/p-2. The molecule has 3 rings (SSSR count). The number of aromatic hydroxyl groups is 2. The molecular formula is C32H44CoN2O6. The van der Waals surface area contributed by atoms with Crippen molar-refractivity contribution in [1.82, 2.24) is 0 Å². The third kappa shape index (κ3) is 17.3. The second kappa shape index (κ2) is 21.6. The number of hydrogen-bond acceptors (Lipinski definition) is 8. The Bertz CT molecular complexity index is 1020. The molecule has 0 saturated heterocycles. The molecule has 0 unspecified atom stereocenters. The van der Waals surface area contributed by atoms with Crippen LogP contribution in [0.3, 0.4) is 0 Å². The summed E-state index contributed by atoms with van der Waals surface area (Å²) in [6.45, 7) is 6.33. The Balaban J connectivity index is 0.00000158. The number of aryl methyl sites for hydroxylation is 2. The van der Waals surface area contributed by atoms with E-state index in [9.17, 15) is 10.2 Å². The van der Waals surface area contributed by atoms with E-state index < -0.39 is 11.9 Å². The summed E-state index contributed by atoms with van der Waals surface area (Å²) in [4.78, 5) is 27.3. The molecule has 1 aliphatic rings. The largest absolute Gasteiger partial charge is 2.00 e. The van der Waals surface area contributed by atoms with Gasteiger partial charge in [-0.25, -0.2) is 0 Å². The maximum Gasteiger partial charge on any atom is 2.00 e. The molecule has 1 saturated carbocycles. The zero-order chi connectivity index (χ0) is 29.9. The van der Waals surface area contributed by atoms with Crippen molar-refractivity contribution in [1.29, 1.82) is 0 Å². The molecule has 0 spiro atoms. The maximum absolute atomic E-state index is 10.2. The van der Waals surface area contributed by atoms with Crippen molar-refractivity contribution in [3.05, 3.63) is 58.7 Å². The van der Waals surface area contributed by atoms with E-state index in [0.29, 0.717) is 11.5 Å². The number of carbonyl (C=O) groups is 2. The fourth-order valence-corrected chi connectivity index (χ4v) is 4.22. The number of phenols is 2. The molecule has 2 N–H and O–H groups in total. The number of benzene rings is 2. The Morgan fingerprint density at radius 1 is 0.756 bits per heavy atom. The van der Waals surface area contributed by atoms with Crippen molar-refractivity contribution in [2.75, 3.05) is 0 Å². The van der Waals surface area contributed by atoms with E-state index in [2.05, 4.69) is 26.0 Å². The molecule has 0 aliphatic heterocycles. The molecule has 8 nitrogen and oxygen atoms in total. The number of carboxylic acids is 2. The van der Waals surface area contributed by atoms with E-state index in [1.54, 1.807) is 12.1 Å². The van der Waals surface area contributed by atoms with Crippen molar-refractivity contribution in [3.8, 4) is 11.5 Å². The Kier molecular flexibility index (Phi) is 19.9. The average molecular weight is 612 g/mol. The smallest absolute Gasteiger partial charge is 0.550 e. The van der Waals surface area contributed by atoms with Crippen LogP contribution in [0.25, 0.3) is 0 Å². The zero-order valence-corrected chi connectivity index (χ0v) is 25.6. The molecule has 9 heteroatoms. The fourth-order valence-electron chi connectivity index (χ4n) is 4.22. The van der Waals surface area contributed by atoms with Gasteiger partial charge in [0.15, 0.2) is 0 Å². The van der Waals surface area contributed by atoms with E-state index >= 15 is 0 Å². The summed E-state index contributed by atoms with van der Waals surface area (Å²) in [6.07, 6.45) is 14.4. The molecule has 0 heterocycles. The number of hydrogen-bond donors (Lipinski definition) is 2. The summed E-state index contributed by atoms with van der Waals surface area (Å²) in [5.41, 5.74) is 4.15. The molecule has 41 heavy (non-hydrogen) atoms. The van der Waals surface area contributed by atoms with Crippen LogP contribution in [-0.2, 0) is 39.2 Å². The predicted octanol–water partition coefficient (Wildman–Crippen LogP) is 4.14. The van der Waals surface area contributed by atoms with Gasteiger partial charge in [-0.05, 0) is 101 Å². The fraction of sp³-hybridized carbons (Fsp3) is 0.500. The summed E-state index contributed by atoms with van der Waals surface area (Å²) < 4.78 is 0.